The van der Waals surface area contributed by atoms with E-state index in [0.29, 0.717) is 0 Å². The Bertz CT molecular complexity index is 113. The molecule has 66 valence electrons. The molecule has 0 fully saturated rings. The van der Waals surface area contributed by atoms with Crippen LogP contribution in [-0.4, -0.2) is 40.6 Å². The van der Waals surface area contributed by atoms with Gasteiger partial charge >= 0.3 is 29.6 Å². The van der Waals surface area contributed by atoms with E-state index in [-0.39, 0.29) is 42.8 Å². The fourth-order valence-corrected chi connectivity index (χ4v) is 0.0577. The molecule has 0 aromatic heterocycles. The van der Waals surface area contributed by atoms with Gasteiger partial charge in [-0.2, -0.15) is 0 Å². The van der Waals surface area contributed by atoms with E-state index in [1.165, 1.54) is 0 Å². The van der Waals surface area contributed by atoms with Crippen molar-refractivity contribution in [1.29, 1.82) is 0 Å². The number of hydrogen-bond acceptors (Lipinski definition) is 5. The summed E-state index contributed by atoms with van der Waals surface area (Å²) in [6.07, 6.45) is -0.231. The summed E-state index contributed by atoms with van der Waals surface area (Å²) in [7, 11) is 0. The van der Waals surface area contributed by atoms with Gasteiger partial charge in [0, 0.05) is 0 Å². The largest absolute Gasteiger partial charge is 1.00 e. The average molecular weight is 186 g/mol. The van der Waals surface area contributed by atoms with Crippen molar-refractivity contribution in [3.63, 3.8) is 0 Å². The van der Waals surface area contributed by atoms with Crippen LogP contribution >= 0.6 is 0 Å². The Morgan fingerprint density at radius 1 is 1.50 bits per heavy atom. The molecule has 12 heavy (non-hydrogen) atoms. The zero-order valence-electron chi connectivity index (χ0n) is 6.93. The molecular formula is C6H11NaO5. The van der Waals surface area contributed by atoms with Crippen molar-refractivity contribution in [3.05, 3.63) is 12.7 Å². The molecule has 0 amide bonds. The first kappa shape index (κ1) is 18.0. The van der Waals surface area contributed by atoms with Gasteiger partial charge in [0.25, 0.3) is 0 Å². The van der Waals surface area contributed by atoms with Gasteiger partial charge in [0.1, 0.15) is 6.10 Å². The zero-order valence-corrected chi connectivity index (χ0v) is 8.93. The van der Waals surface area contributed by atoms with Gasteiger partial charge in [-0.05, 0) is 6.08 Å². The summed E-state index contributed by atoms with van der Waals surface area (Å²) in [6.45, 7) is 2.17. The van der Waals surface area contributed by atoms with E-state index in [1.807, 2.05) is 0 Å². The number of rotatable bonds is 3. The Balaban J connectivity index is -0.000000126. The summed E-state index contributed by atoms with van der Waals surface area (Å²) < 4.78 is 0. The van der Waals surface area contributed by atoms with Gasteiger partial charge in [-0.1, -0.05) is 6.58 Å². The molecule has 5 nitrogen and oxygen atoms in total. The number of carbonyl (C=O) groups is 1. The molecule has 0 aliphatic carbocycles. The average Bonchev–Trinajstić information content (AvgIpc) is 2.04. The van der Waals surface area contributed by atoms with Crippen molar-refractivity contribution in [2.45, 2.75) is 6.10 Å². The second-order valence-corrected chi connectivity index (χ2v) is 1.54. The van der Waals surface area contributed by atoms with Crippen LogP contribution in [0.3, 0.4) is 0 Å². The third-order valence-electron chi connectivity index (χ3n) is 0.588. The summed E-state index contributed by atoms with van der Waals surface area (Å²) in [5.41, 5.74) is 0. The predicted molar refractivity (Wildman–Crippen MR) is 35.4 cm³/mol. The minimum atomic E-state index is -1.23. The van der Waals surface area contributed by atoms with Crippen LogP contribution in [0.15, 0.2) is 12.7 Å². The van der Waals surface area contributed by atoms with Crippen molar-refractivity contribution >= 4 is 5.97 Å². The van der Waals surface area contributed by atoms with Crippen molar-refractivity contribution in [2.75, 3.05) is 13.2 Å². The quantitative estimate of drug-likeness (QED) is 0.301. The molecule has 6 heteroatoms. The van der Waals surface area contributed by atoms with Crippen molar-refractivity contribution < 1.29 is 54.8 Å². The summed E-state index contributed by atoms with van der Waals surface area (Å²) >= 11 is 0. The molecule has 0 aliphatic heterocycles. The van der Waals surface area contributed by atoms with Gasteiger partial charge in [0.05, 0.1) is 19.2 Å². The molecule has 0 aromatic rings. The minimum absolute atomic E-state index is 0. The first-order chi connectivity index (χ1) is 5.08. The predicted octanol–water partition coefficient (Wildman–Crippen LogP) is -5.74. The van der Waals surface area contributed by atoms with Crippen LogP contribution in [0.1, 0.15) is 0 Å². The van der Waals surface area contributed by atoms with Crippen molar-refractivity contribution in [3.8, 4) is 0 Å². The Hall–Kier alpha value is 0.0900. The summed E-state index contributed by atoms with van der Waals surface area (Å²) in [6, 6.07) is 0. The molecule has 0 atom stereocenters. The number of carboxylic acids is 1. The first-order valence-electron chi connectivity index (χ1n) is 2.81. The molecule has 0 saturated carbocycles. The zero-order chi connectivity index (χ0) is 9.28. The molecule has 0 spiro atoms. The maximum absolute atomic E-state index is 9.14. The SMILES string of the molecule is C=CC(=O)[O-].OCC(O)CO.[Na+]. The molecule has 0 aromatic carbocycles. The van der Waals surface area contributed by atoms with Crippen LogP contribution in [0.5, 0.6) is 0 Å². The minimum Gasteiger partial charge on any atom is -0.545 e. The maximum atomic E-state index is 9.14. The van der Waals surface area contributed by atoms with E-state index in [0.717, 1.165) is 6.08 Å². The number of hydrogen-bond donors (Lipinski definition) is 3. The number of aliphatic carboxylic acids is 1. The van der Waals surface area contributed by atoms with Crippen LogP contribution in [0.2, 0.25) is 0 Å². The second kappa shape index (κ2) is 13.7. The van der Waals surface area contributed by atoms with Crippen molar-refractivity contribution in [2.24, 2.45) is 0 Å². The fourth-order valence-electron chi connectivity index (χ4n) is 0.0577. The molecule has 0 radical (unpaired) electrons. The smallest absolute Gasteiger partial charge is 0.545 e. The van der Waals surface area contributed by atoms with E-state index < -0.39 is 12.1 Å². The number of carbonyl (C=O) groups excluding carboxylic acids is 1. The van der Waals surface area contributed by atoms with E-state index in [1.54, 1.807) is 0 Å². The number of carboxylic acid groups (broad SMARTS) is 1. The Morgan fingerprint density at radius 2 is 1.75 bits per heavy atom. The van der Waals surface area contributed by atoms with E-state index in [9.17, 15) is 0 Å². The molecule has 0 rings (SSSR count). The van der Waals surface area contributed by atoms with Gasteiger partial charge in [0.2, 0.25) is 0 Å². The molecule has 0 aliphatic rings. The summed E-state index contributed by atoms with van der Waals surface area (Å²) in [5.74, 6) is -1.23. The van der Waals surface area contributed by atoms with Crippen LogP contribution in [-0.2, 0) is 4.79 Å². The molecule has 0 bridgehead atoms. The second-order valence-electron chi connectivity index (χ2n) is 1.54. The standard InChI is InChI=1S/C3H8O3.C3H4O2.Na/c4-1-3(6)2-5;1-2-3(4)5;/h3-6H,1-2H2;2H,1H2,(H,4,5);/q;;+1/p-1. The Kier molecular flexibility index (Phi) is 20.5. The topological polar surface area (TPSA) is 101 Å². The summed E-state index contributed by atoms with van der Waals surface area (Å²) in [5, 5.41) is 33.2. The van der Waals surface area contributed by atoms with Crippen LogP contribution in [0, 0.1) is 0 Å². The molecule has 3 N–H and O–H groups in total. The van der Waals surface area contributed by atoms with Crippen molar-refractivity contribution in [1.82, 2.24) is 0 Å². The normalized spacial score (nSPS) is 7.67. The fraction of sp³-hybridized carbons (Fsp3) is 0.500. The van der Waals surface area contributed by atoms with Gasteiger partial charge in [-0.3, -0.25) is 0 Å². The molecule has 0 unspecified atom stereocenters. The first-order valence-corrected chi connectivity index (χ1v) is 2.81. The van der Waals surface area contributed by atoms with E-state index in [2.05, 4.69) is 6.58 Å². The van der Waals surface area contributed by atoms with Crippen LogP contribution in [0.25, 0.3) is 0 Å². The Labute approximate surface area is 92.6 Å². The number of aliphatic hydroxyl groups excluding tert-OH is 3. The molecule has 0 saturated heterocycles. The van der Waals surface area contributed by atoms with Crippen LogP contribution < -0.4 is 34.7 Å². The van der Waals surface area contributed by atoms with Gasteiger partial charge in [-0.15, -0.1) is 0 Å². The summed E-state index contributed by atoms with van der Waals surface area (Å²) in [4.78, 5) is 9.14. The van der Waals surface area contributed by atoms with Gasteiger partial charge < -0.3 is 25.2 Å². The molecular weight excluding hydrogens is 175 g/mol. The number of aliphatic hydroxyl groups is 3. The third-order valence-corrected chi connectivity index (χ3v) is 0.588. The van der Waals surface area contributed by atoms with Gasteiger partial charge in [-0.25, -0.2) is 0 Å². The van der Waals surface area contributed by atoms with Crippen LogP contribution in [0.4, 0.5) is 0 Å². The van der Waals surface area contributed by atoms with E-state index in [4.69, 9.17) is 25.2 Å². The maximum Gasteiger partial charge on any atom is 1.00 e. The third kappa shape index (κ3) is 22.5. The van der Waals surface area contributed by atoms with Gasteiger partial charge in [0.15, 0.2) is 0 Å². The van der Waals surface area contributed by atoms with E-state index >= 15 is 0 Å². The monoisotopic (exact) mass is 186 g/mol. The molecule has 0 heterocycles. The Morgan fingerprint density at radius 3 is 1.75 bits per heavy atom.